The van der Waals surface area contributed by atoms with E-state index in [2.05, 4.69) is 10.6 Å². The zero-order valence-corrected chi connectivity index (χ0v) is 12.2. The van der Waals surface area contributed by atoms with E-state index < -0.39 is 12.1 Å². The van der Waals surface area contributed by atoms with E-state index >= 15 is 0 Å². The molecule has 110 valence electrons. The van der Waals surface area contributed by atoms with Crippen LogP contribution in [0.5, 0.6) is 0 Å². The van der Waals surface area contributed by atoms with Crippen molar-refractivity contribution in [3.05, 3.63) is 35.9 Å². The minimum Gasteiger partial charge on any atom is -0.350 e. The number of carbonyl (C=O) groups excluding carboxylic acids is 2. The lowest BCUT2D eigenvalue weighted by Crippen LogP contribution is -2.53. The summed E-state index contributed by atoms with van der Waals surface area (Å²) in [6.07, 6.45) is 0. The van der Waals surface area contributed by atoms with Gasteiger partial charge in [-0.1, -0.05) is 44.2 Å². The van der Waals surface area contributed by atoms with Gasteiger partial charge < -0.3 is 16.4 Å². The van der Waals surface area contributed by atoms with E-state index in [-0.39, 0.29) is 17.7 Å². The summed E-state index contributed by atoms with van der Waals surface area (Å²) in [7, 11) is 0. The quantitative estimate of drug-likeness (QED) is 0.719. The van der Waals surface area contributed by atoms with Gasteiger partial charge in [0.05, 0.1) is 6.04 Å². The van der Waals surface area contributed by atoms with Crippen LogP contribution in [0.3, 0.4) is 0 Å². The molecule has 0 spiro atoms. The van der Waals surface area contributed by atoms with Gasteiger partial charge in [-0.15, -0.1) is 0 Å². The van der Waals surface area contributed by atoms with Crippen molar-refractivity contribution >= 4 is 11.8 Å². The normalized spacial score (nSPS) is 13.7. The number of hydrogen-bond donors (Lipinski definition) is 3. The molecular weight excluding hydrogens is 254 g/mol. The lowest BCUT2D eigenvalue weighted by atomic mass is 10.0. The van der Waals surface area contributed by atoms with Gasteiger partial charge in [0.1, 0.15) is 6.04 Å². The molecule has 1 aromatic carbocycles. The van der Waals surface area contributed by atoms with Crippen molar-refractivity contribution in [2.75, 3.05) is 0 Å². The van der Waals surface area contributed by atoms with Crippen LogP contribution in [0.1, 0.15) is 26.3 Å². The van der Waals surface area contributed by atoms with Crippen LogP contribution < -0.4 is 16.4 Å². The molecule has 0 unspecified atom stereocenters. The Bertz CT molecular complexity index is 444. The average Bonchev–Trinajstić information content (AvgIpc) is 2.42. The van der Waals surface area contributed by atoms with E-state index in [9.17, 15) is 9.59 Å². The summed E-state index contributed by atoms with van der Waals surface area (Å²) in [4.78, 5) is 23.8. The number of hydrogen-bond acceptors (Lipinski definition) is 3. The van der Waals surface area contributed by atoms with Gasteiger partial charge >= 0.3 is 0 Å². The molecule has 0 fully saturated rings. The highest BCUT2D eigenvalue weighted by Gasteiger charge is 2.24. The monoisotopic (exact) mass is 277 g/mol. The molecule has 1 rings (SSSR count). The minimum atomic E-state index is -0.627. The summed E-state index contributed by atoms with van der Waals surface area (Å²) in [5, 5.41) is 5.51. The molecule has 0 aromatic heterocycles. The second-order valence-corrected chi connectivity index (χ2v) is 5.22. The van der Waals surface area contributed by atoms with Crippen LogP contribution >= 0.6 is 0 Å². The molecule has 2 atom stereocenters. The summed E-state index contributed by atoms with van der Waals surface area (Å²) in [5.74, 6) is -0.523. The third-order valence-corrected chi connectivity index (χ3v) is 2.97. The van der Waals surface area contributed by atoms with Crippen LogP contribution in [-0.2, 0) is 16.1 Å². The zero-order valence-electron chi connectivity index (χ0n) is 12.2. The SMILES string of the molecule is CC(C)[C@H](NC(=O)[C@H](C)N)C(=O)NCc1ccccc1. The number of amides is 2. The van der Waals surface area contributed by atoms with Gasteiger partial charge in [0.25, 0.3) is 0 Å². The average molecular weight is 277 g/mol. The Labute approximate surface area is 119 Å². The lowest BCUT2D eigenvalue weighted by molar-refractivity contribution is -0.130. The molecule has 0 aliphatic heterocycles. The fourth-order valence-electron chi connectivity index (χ4n) is 1.71. The van der Waals surface area contributed by atoms with Gasteiger partial charge in [0.15, 0.2) is 0 Å². The summed E-state index contributed by atoms with van der Waals surface area (Å²) < 4.78 is 0. The smallest absolute Gasteiger partial charge is 0.243 e. The molecule has 2 amide bonds. The number of carbonyl (C=O) groups is 2. The third kappa shape index (κ3) is 5.01. The molecule has 0 bridgehead atoms. The Balaban J connectivity index is 2.58. The molecule has 0 saturated carbocycles. The molecular formula is C15H23N3O2. The topological polar surface area (TPSA) is 84.2 Å². The van der Waals surface area contributed by atoms with E-state index in [4.69, 9.17) is 5.73 Å². The summed E-state index contributed by atoms with van der Waals surface area (Å²) in [6.45, 7) is 5.80. The molecule has 5 heteroatoms. The van der Waals surface area contributed by atoms with Crippen molar-refractivity contribution in [1.82, 2.24) is 10.6 Å². The first-order chi connectivity index (χ1) is 9.41. The van der Waals surface area contributed by atoms with Gasteiger partial charge in [-0.2, -0.15) is 0 Å². The molecule has 1 aromatic rings. The first-order valence-electron chi connectivity index (χ1n) is 6.79. The maximum Gasteiger partial charge on any atom is 0.243 e. The Morgan fingerprint density at radius 3 is 2.20 bits per heavy atom. The van der Waals surface area contributed by atoms with Crippen LogP contribution in [0.2, 0.25) is 0 Å². The molecule has 0 saturated heterocycles. The van der Waals surface area contributed by atoms with Gasteiger partial charge in [-0.3, -0.25) is 9.59 Å². The second-order valence-electron chi connectivity index (χ2n) is 5.22. The number of rotatable bonds is 6. The van der Waals surface area contributed by atoms with Gasteiger partial charge in [-0.25, -0.2) is 0 Å². The van der Waals surface area contributed by atoms with Crippen LogP contribution in [0, 0.1) is 5.92 Å². The van der Waals surface area contributed by atoms with Gasteiger partial charge in [0.2, 0.25) is 11.8 Å². The fourth-order valence-corrected chi connectivity index (χ4v) is 1.71. The summed E-state index contributed by atoms with van der Waals surface area (Å²) in [6, 6.07) is 8.43. The summed E-state index contributed by atoms with van der Waals surface area (Å²) >= 11 is 0. The Kier molecular flexibility index (Phi) is 6.18. The van der Waals surface area contributed by atoms with E-state index in [1.807, 2.05) is 44.2 Å². The molecule has 0 aliphatic carbocycles. The standard InChI is InChI=1S/C15H23N3O2/c1-10(2)13(18-14(19)11(3)16)15(20)17-9-12-7-5-4-6-8-12/h4-8,10-11,13H,9,16H2,1-3H3,(H,17,20)(H,18,19)/t11-,13-/m0/s1. The summed E-state index contributed by atoms with van der Waals surface area (Å²) in [5.41, 5.74) is 6.52. The highest BCUT2D eigenvalue weighted by atomic mass is 16.2. The van der Waals surface area contributed by atoms with Crippen molar-refractivity contribution in [2.45, 2.75) is 39.4 Å². The predicted molar refractivity (Wildman–Crippen MR) is 78.7 cm³/mol. The zero-order chi connectivity index (χ0) is 15.1. The molecule has 5 nitrogen and oxygen atoms in total. The molecule has 0 heterocycles. The van der Waals surface area contributed by atoms with E-state index in [1.165, 1.54) is 0 Å². The van der Waals surface area contributed by atoms with Crippen LogP contribution in [0.15, 0.2) is 30.3 Å². The van der Waals surface area contributed by atoms with Gasteiger partial charge in [-0.05, 0) is 18.4 Å². The van der Waals surface area contributed by atoms with Crippen molar-refractivity contribution in [2.24, 2.45) is 11.7 Å². The van der Waals surface area contributed by atoms with Crippen LogP contribution in [0.25, 0.3) is 0 Å². The molecule has 4 N–H and O–H groups in total. The predicted octanol–water partition coefficient (Wildman–Crippen LogP) is 0.791. The maximum absolute atomic E-state index is 12.1. The van der Waals surface area contributed by atoms with Crippen molar-refractivity contribution in [3.63, 3.8) is 0 Å². The highest BCUT2D eigenvalue weighted by molar-refractivity contribution is 5.89. The van der Waals surface area contributed by atoms with Crippen molar-refractivity contribution in [3.8, 4) is 0 Å². The number of benzene rings is 1. The Morgan fingerprint density at radius 1 is 1.10 bits per heavy atom. The van der Waals surface area contributed by atoms with Crippen molar-refractivity contribution in [1.29, 1.82) is 0 Å². The van der Waals surface area contributed by atoms with E-state index in [1.54, 1.807) is 6.92 Å². The van der Waals surface area contributed by atoms with Crippen LogP contribution in [0.4, 0.5) is 0 Å². The Morgan fingerprint density at radius 2 is 1.70 bits per heavy atom. The van der Waals surface area contributed by atoms with Gasteiger partial charge in [0, 0.05) is 6.54 Å². The van der Waals surface area contributed by atoms with Crippen LogP contribution in [-0.4, -0.2) is 23.9 Å². The molecule has 20 heavy (non-hydrogen) atoms. The van der Waals surface area contributed by atoms with E-state index in [0.717, 1.165) is 5.56 Å². The molecule has 0 aliphatic rings. The third-order valence-electron chi connectivity index (χ3n) is 2.97. The molecule has 0 radical (unpaired) electrons. The maximum atomic E-state index is 12.1. The largest absolute Gasteiger partial charge is 0.350 e. The van der Waals surface area contributed by atoms with E-state index in [0.29, 0.717) is 6.54 Å². The fraction of sp³-hybridized carbons (Fsp3) is 0.467. The first kappa shape index (κ1) is 16.2. The van der Waals surface area contributed by atoms with Crippen molar-refractivity contribution < 1.29 is 9.59 Å². The highest BCUT2D eigenvalue weighted by Crippen LogP contribution is 2.04. The number of nitrogens with two attached hydrogens (primary N) is 1. The second kappa shape index (κ2) is 7.65. The first-order valence-corrected chi connectivity index (χ1v) is 6.79. The number of nitrogens with one attached hydrogen (secondary N) is 2. The Hall–Kier alpha value is -1.88. The minimum absolute atomic E-state index is 0.00604. The lowest BCUT2D eigenvalue weighted by Gasteiger charge is -2.22.